The van der Waals surface area contributed by atoms with Crippen molar-refractivity contribution in [1.29, 1.82) is 5.26 Å². The number of hydrogen-bond acceptors (Lipinski definition) is 7. The van der Waals surface area contributed by atoms with E-state index in [4.69, 9.17) is 14.3 Å². The van der Waals surface area contributed by atoms with Gasteiger partial charge < -0.3 is 14.3 Å². The number of nitro groups is 1. The first kappa shape index (κ1) is 22.8. The average Bonchev–Trinajstić information content (AvgIpc) is 2.81. The summed E-state index contributed by atoms with van der Waals surface area (Å²) in [4.78, 5) is 15.6. The second kappa shape index (κ2) is 10.9. The van der Waals surface area contributed by atoms with E-state index in [0.717, 1.165) is 5.56 Å². The van der Waals surface area contributed by atoms with Crippen LogP contribution in [0.4, 0.5) is 5.69 Å². The Morgan fingerprint density at radius 3 is 2.72 bits per heavy atom. The Bertz CT molecular complexity index is 1190. The van der Waals surface area contributed by atoms with Crippen LogP contribution in [-0.2, 0) is 18.1 Å². The van der Waals surface area contributed by atoms with E-state index in [2.05, 4.69) is 27.2 Å². The number of rotatable bonds is 9. The fourth-order valence-electron chi connectivity index (χ4n) is 2.83. The van der Waals surface area contributed by atoms with Crippen LogP contribution in [0.2, 0.25) is 0 Å². The molecule has 0 aliphatic heterocycles. The molecule has 0 radical (unpaired) electrons. The average molecular weight is 496 g/mol. The fraction of sp³-hybridized carbons (Fsp3) is 0.130. The number of hydrogen-bond donors (Lipinski definition) is 0. The lowest BCUT2D eigenvalue weighted by atomic mass is 10.1. The van der Waals surface area contributed by atoms with Gasteiger partial charge in [-0.2, -0.15) is 5.26 Å². The van der Waals surface area contributed by atoms with Crippen LogP contribution in [0.15, 0.2) is 70.3 Å². The third-order valence-electron chi connectivity index (χ3n) is 4.39. The maximum Gasteiger partial charge on any atom is 0.269 e. The van der Waals surface area contributed by atoms with Gasteiger partial charge in [0.25, 0.3) is 5.69 Å². The molecule has 3 aromatic rings. The fourth-order valence-corrected chi connectivity index (χ4v) is 3.40. The standard InChI is InChI=1S/C23H18BrN3O5/c1-30-22-11-17(13-26-32-14-16-5-4-8-20(9-16)27(28)29)10-21(24)23(22)31-15-19-7-3-2-6-18(19)12-25/h2-11,13H,14-15H2,1H3/b26-13-. The van der Waals surface area contributed by atoms with E-state index in [0.29, 0.717) is 32.7 Å². The molecule has 3 aromatic carbocycles. The molecule has 0 saturated heterocycles. The van der Waals surface area contributed by atoms with E-state index >= 15 is 0 Å². The first-order valence-electron chi connectivity index (χ1n) is 9.39. The smallest absolute Gasteiger partial charge is 0.269 e. The van der Waals surface area contributed by atoms with Gasteiger partial charge >= 0.3 is 0 Å². The zero-order valence-electron chi connectivity index (χ0n) is 17.0. The molecule has 0 amide bonds. The van der Waals surface area contributed by atoms with Crippen LogP contribution in [0.3, 0.4) is 0 Å². The molecule has 0 spiro atoms. The quantitative estimate of drug-likeness (QED) is 0.224. The predicted molar refractivity (Wildman–Crippen MR) is 122 cm³/mol. The Morgan fingerprint density at radius 1 is 1.16 bits per heavy atom. The summed E-state index contributed by atoms with van der Waals surface area (Å²) in [5.41, 5.74) is 2.64. The lowest BCUT2D eigenvalue weighted by Crippen LogP contribution is -2.01. The highest BCUT2D eigenvalue weighted by molar-refractivity contribution is 9.10. The van der Waals surface area contributed by atoms with Crippen LogP contribution in [0.1, 0.15) is 22.3 Å². The highest BCUT2D eigenvalue weighted by Crippen LogP contribution is 2.37. The summed E-state index contributed by atoms with van der Waals surface area (Å²) in [7, 11) is 1.53. The second-order valence-electron chi connectivity index (χ2n) is 6.53. The van der Waals surface area contributed by atoms with Gasteiger partial charge in [0.15, 0.2) is 11.5 Å². The molecule has 3 rings (SSSR count). The van der Waals surface area contributed by atoms with Gasteiger partial charge in [0.05, 0.1) is 34.4 Å². The summed E-state index contributed by atoms with van der Waals surface area (Å²) in [6, 6.07) is 19.0. The Balaban J connectivity index is 1.67. The van der Waals surface area contributed by atoms with E-state index < -0.39 is 4.92 Å². The van der Waals surface area contributed by atoms with Gasteiger partial charge in [-0.25, -0.2) is 0 Å². The monoisotopic (exact) mass is 495 g/mol. The number of ether oxygens (including phenoxy) is 2. The number of non-ortho nitro benzene ring substituents is 1. The molecule has 0 aromatic heterocycles. The zero-order chi connectivity index (χ0) is 22.9. The summed E-state index contributed by atoms with van der Waals surface area (Å²) >= 11 is 3.48. The Labute approximate surface area is 192 Å². The van der Waals surface area contributed by atoms with Gasteiger partial charge in [-0.1, -0.05) is 35.5 Å². The van der Waals surface area contributed by atoms with Crippen LogP contribution < -0.4 is 9.47 Å². The minimum Gasteiger partial charge on any atom is -0.493 e. The van der Waals surface area contributed by atoms with Gasteiger partial charge in [0.1, 0.15) is 13.2 Å². The van der Waals surface area contributed by atoms with Crippen LogP contribution in [0, 0.1) is 21.4 Å². The number of benzene rings is 3. The van der Waals surface area contributed by atoms with Crippen LogP contribution in [-0.4, -0.2) is 18.2 Å². The Morgan fingerprint density at radius 2 is 1.97 bits per heavy atom. The summed E-state index contributed by atoms with van der Waals surface area (Å²) in [6.07, 6.45) is 1.50. The molecule has 0 aliphatic carbocycles. The molecule has 0 atom stereocenters. The lowest BCUT2D eigenvalue weighted by Gasteiger charge is -2.14. The maximum absolute atomic E-state index is 10.8. The molecule has 0 saturated carbocycles. The van der Waals surface area contributed by atoms with Crippen molar-refractivity contribution in [3.05, 3.63) is 97.5 Å². The van der Waals surface area contributed by atoms with Crippen molar-refractivity contribution in [2.75, 3.05) is 7.11 Å². The van der Waals surface area contributed by atoms with E-state index in [-0.39, 0.29) is 18.9 Å². The largest absolute Gasteiger partial charge is 0.493 e. The number of nitrogens with zero attached hydrogens (tertiary/aromatic N) is 3. The number of nitro benzene ring substituents is 1. The molecule has 0 bridgehead atoms. The van der Waals surface area contributed by atoms with Crippen molar-refractivity contribution in [2.24, 2.45) is 5.16 Å². The first-order chi connectivity index (χ1) is 15.5. The van der Waals surface area contributed by atoms with Gasteiger partial charge in [0.2, 0.25) is 0 Å². The highest BCUT2D eigenvalue weighted by atomic mass is 79.9. The van der Waals surface area contributed by atoms with Gasteiger partial charge in [0, 0.05) is 23.3 Å². The van der Waals surface area contributed by atoms with Crippen LogP contribution in [0.25, 0.3) is 0 Å². The summed E-state index contributed by atoms with van der Waals surface area (Å²) in [6.45, 7) is 0.300. The second-order valence-corrected chi connectivity index (χ2v) is 7.38. The lowest BCUT2D eigenvalue weighted by molar-refractivity contribution is -0.384. The molecule has 32 heavy (non-hydrogen) atoms. The minimum atomic E-state index is -0.459. The molecule has 0 unspecified atom stereocenters. The molecule has 0 aliphatic rings. The minimum absolute atomic E-state index is 0.00303. The van der Waals surface area contributed by atoms with Crippen molar-refractivity contribution < 1.29 is 19.2 Å². The van der Waals surface area contributed by atoms with Crippen molar-refractivity contribution in [2.45, 2.75) is 13.2 Å². The van der Waals surface area contributed by atoms with Crippen molar-refractivity contribution >= 4 is 27.8 Å². The van der Waals surface area contributed by atoms with Gasteiger partial charge in [-0.15, -0.1) is 0 Å². The number of nitriles is 1. The number of oxime groups is 1. The van der Waals surface area contributed by atoms with Gasteiger partial charge in [-0.05, 0) is 39.7 Å². The molecular formula is C23H18BrN3O5. The van der Waals surface area contributed by atoms with Gasteiger partial charge in [-0.3, -0.25) is 10.1 Å². The summed E-state index contributed by atoms with van der Waals surface area (Å²) < 4.78 is 12.0. The first-order valence-corrected chi connectivity index (χ1v) is 10.2. The molecule has 9 heteroatoms. The normalized spacial score (nSPS) is 10.5. The van der Waals surface area contributed by atoms with E-state index in [1.807, 2.05) is 12.1 Å². The van der Waals surface area contributed by atoms with E-state index in [1.54, 1.807) is 36.4 Å². The van der Waals surface area contributed by atoms with E-state index in [9.17, 15) is 15.4 Å². The van der Waals surface area contributed by atoms with Crippen molar-refractivity contribution in [3.8, 4) is 17.6 Å². The molecule has 0 N–H and O–H groups in total. The summed E-state index contributed by atoms with van der Waals surface area (Å²) in [5.74, 6) is 0.976. The molecule has 0 fully saturated rings. The van der Waals surface area contributed by atoms with Crippen molar-refractivity contribution in [1.82, 2.24) is 0 Å². The van der Waals surface area contributed by atoms with Crippen LogP contribution in [0.5, 0.6) is 11.5 Å². The molecule has 8 nitrogen and oxygen atoms in total. The van der Waals surface area contributed by atoms with Crippen LogP contribution >= 0.6 is 15.9 Å². The molecular weight excluding hydrogens is 478 g/mol. The Hall–Kier alpha value is -3.90. The predicted octanol–water partition coefficient (Wildman–Crippen LogP) is 5.37. The highest BCUT2D eigenvalue weighted by Gasteiger charge is 2.13. The topological polar surface area (TPSA) is 107 Å². The van der Waals surface area contributed by atoms with E-state index in [1.165, 1.54) is 25.5 Å². The maximum atomic E-state index is 10.8. The SMILES string of the molecule is COc1cc(/C=N\OCc2cccc([N+](=O)[O-])c2)cc(Br)c1OCc1ccccc1C#N. The molecule has 0 heterocycles. The summed E-state index contributed by atoms with van der Waals surface area (Å²) in [5, 5.41) is 24.0. The van der Waals surface area contributed by atoms with Crippen molar-refractivity contribution in [3.63, 3.8) is 0 Å². The number of halogens is 1. The molecule has 162 valence electrons. The Kier molecular flexibility index (Phi) is 7.78. The zero-order valence-corrected chi connectivity index (χ0v) is 18.6. The number of methoxy groups -OCH3 is 1. The third-order valence-corrected chi connectivity index (χ3v) is 4.98. The third kappa shape index (κ3) is 5.83.